The SMILES string of the molecule is COc1ccc(N=Nc2nc3nc(N)[nH]c(=O)c3[nH]2)cc1. The number of hydrogen-bond donors (Lipinski definition) is 3. The Morgan fingerprint density at radius 3 is 2.62 bits per heavy atom. The van der Waals surface area contributed by atoms with Crippen LogP contribution in [0.2, 0.25) is 0 Å². The summed E-state index contributed by atoms with van der Waals surface area (Å²) in [7, 11) is 1.58. The first-order valence-corrected chi connectivity index (χ1v) is 5.97. The van der Waals surface area contributed by atoms with Gasteiger partial charge < -0.3 is 15.5 Å². The second-order valence-corrected chi connectivity index (χ2v) is 4.11. The molecule has 0 atom stereocenters. The Morgan fingerprint density at radius 1 is 1.14 bits per heavy atom. The third kappa shape index (κ3) is 2.56. The summed E-state index contributed by atoms with van der Waals surface area (Å²) in [6, 6.07) is 7.02. The fourth-order valence-corrected chi connectivity index (χ4v) is 1.71. The predicted molar refractivity (Wildman–Crippen MR) is 76.1 cm³/mol. The molecule has 2 heterocycles. The normalized spacial score (nSPS) is 11.3. The highest BCUT2D eigenvalue weighted by atomic mass is 16.5. The summed E-state index contributed by atoms with van der Waals surface area (Å²) in [5, 5.41) is 7.93. The molecular weight excluding hydrogens is 274 g/mol. The van der Waals surface area contributed by atoms with Crippen LogP contribution in [0, 0.1) is 0 Å². The number of azo groups is 1. The number of aromatic amines is 2. The molecule has 2 aromatic heterocycles. The lowest BCUT2D eigenvalue weighted by molar-refractivity contribution is 0.415. The molecule has 106 valence electrons. The average Bonchev–Trinajstić information content (AvgIpc) is 2.89. The zero-order valence-corrected chi connectivity index (χ0v) is 11.0. The van der Waals surface area contributed by atoms with E-state index in [1.165, 1.54) is 0 Å². The number of methoxy groups -OCH3 is 1. The van der Waals surface area contributed by atoms with E-state index in [0.717, 1.165) is 5.75 Å². The smallest absolute Gasteiger partial charge is 0.278 e. The van der Waals surface area contributed by atoms with Crippen LogP contribution >= 0.6 is 0 Å². The number of benzene rings is 1. The van der Waals surface area contributed by atoms with Gasteiger partial charge in [0.05, 0.1) is 12.8 Å². The molecule has 0 amide bonds. The van der Waals surface area contributed by atoms with E-state index in [1.807, 2.05) is 0 Å². The Bertz CT molecular complexity index is 863. The minimum Gasteiger partial charge on any atom is -0.497 e. The van der Waals surface area contributed by atoms with Crippen molar-refractivity contribution in [2.75, 3.05) is 12.8 Å². The molecule has 0 aliphatic rings. The Balaban J connectivity index is 1.91. The van der Waals surface area contributed by atoms with Gasteiger partial charge in [-0.15, -0.1) is 10.2 Å². The summed E-state index contributed by atoms with van der Waals surface area (Å²) in [5.74, 6) is 0.894. The lowest BCUT2D eigenvalue weighted by atomic mass is 10.3. The lowest BCUT2D eigenvalue weighted by Gasteiger charge is -1.97. The number of rotatable bonds is 3. The highest BCUT2D eigenvalue weighted by molar-refractivity contribution is 5.72. The van der Waals surface area contributed by atoms with Crippen LogP contribution in [0.3, 0.4) is 0 Å². The van der Waals surface area contributed by atoms with Crippen LogP contribution in [0.25, 0.3) is 11.2 Å². The van der Waals surface area contributed by atoms with E-state index in [2.05, 4.69) is 30.2 Å². The molecule has 0 fully saturated rings. The summed E-state index contributed by atoms with van der Waals surface area (Å²) in [5.41, 5.74) is 6.05. The summed E-state index contributed by atoms with van der Waals surface area (Å²) < 4.78 is 5.05. The fraction of sp³-hybridized carbons (Fsp3) is 0.0833. The first-order chi connectivity index (χ1) is 10.2. The molecule has 9 heteroatoms. The molecule has 3 aromatic rings. The maximum absolute atomic E-state index is 11.6. The van der Waals surface area contributed by atoms with Crippen molar-refractivity contribution in [3.63, 3.8) is 0 Å². The quantitative estimate of drug-likeness (QED) is 0.629. The van der Waals surface area contributed by atoms with Gasteiger partial charge in [0.2, 0.25) is 11.9 Å². The van der Waals surface area contributed by atoms with Crippen molar-refractivity contribution in [1.29, 1.82) is 0 Å². The third-order valence-corrected chi connectivity index (χ3v) is 2.70. The van der Waals surface area contributed by atoms with E-state index in [9.17, 15) is 4.79 Å². The number of aromatic nitrogens is 4. The maximum atomic E-state index is 11.6. The molecule has 0 saturated heterocycles. The molecule has 0 aliphatic heterocycles. The molecule has 0 aliphatic carbocycles. The van der Waals surface area contributed by atoms with E-state index < -0.39 is 5.56 Å². The van der Waals surface area contributed by atoms with Gasteiger partial charge in [0.25, 0.3) is 5.56 Å². The van der Waals surface area contributed by atoms with Crippen LogP contribution in [0.5, 0.6) is 5.75 Å². The van der Waals surface area contributed by atoms with Gasteiger partial charge in [0.1, 0.15) is 5.75 Å². The van der Waals surface area contributed by atoms with Crippen molar-refractivity contribution in [3.05, 3.63) is 34.6 Å². The van der Waals surface area contributed by atoms with Gasteiger partial charge >= 0.3 is 0 Å². The van der Waals surface area contributed by atoms with Crippen LogP contribution in [0.4, 0.5) is 17.6 Å². The summed E-state index contributed by atoms with van der Waals surface area (Å²) in [6.07, 6.45) is 0. The second-order valence-electron chi connectivity index (χ2n) is 4.11. The Morgan fingerprint density at radius 2 is 1.90 bits per heavy atom. The summed E-state index contributed by atoms with van der Waals surface area (Å²) in [4.78, 5) is 24.6. The second kappa shape index (κ2) is 5.04. The van der Waals surface area contributed by atoms with Crippen molar-refractivity contribution in [3.8, 4) is 5.75 Å². The topological polar surface area (TPSA) is 134 Å². The number of H-pyrrole nitrogens is 2. The van der Waals surface area contributed by atoms with Crippen molar-refractivity contribution >= 4 is 28.7 Å². The molecule has 21 heavy (non-hydrogen) atoms. The van der Waals surface area contributed by atoms with Crippen LogP contribution < -0.4 is 16.0 Å². The molecule has 0 bridgehead atoms. The number of hydrogen-bond acceptors (Lipinski definition) is 7. The van der Waals surface area contributed by atoms with Crippen LogP contribution in [-0.2, 0) is 0 Å². The van der Waals surface area contributed by atoms with Crippen molar-refractivity contribution in [2.45, 2.75) is 0 Å². The Hall–Kier alpha value is -3.23. The number of nitrogens with two attached hydrogens (primary N) is 1. The first-order valence-electron chi connectivity index (χ1n) is 5.97. The number of imidazole rings is 1. The number of nitrogen functional groups attached to an aromatic ring is 1. The number of ether oxygens (including phenoxy) is 1. The first kappa shape index (κ1) is 12.8. The van der Waals surface area contributed by atoms with E-state index >= 15 is 0 Å². The molecule has 1 aromatic carbocycles. The lowest BCUT2D eigenvalue weighted by Crippen LogP contribution is -2.10. The zero-order valence-electron chi connectivity index (χ0n) is 11.0. The standard InChI is InChI=1S/C12H11N7O2/c1-21-7-4-2-6(3-5-7)18-19-12-14-8-9(16-12)15-11(13)17-10(8)20/h2-5H,1H3,(H4,13,14,15,16,17,20). The van der Waals surface area contributed by atoms with Crippen LogP contribution in [0.1, 0.15) is 0 Å². The largest absolute Gasteiger partial charge is 0.497 e. The Labute approximate surface area is 117 Å². The Kier molecular flexibility index (Phi) is 3.07. The van der Waals surface area contributed by atoms with Crippen molar-refractivity contribution in [2.24, 2.45) is 10.2 Å². The van der Waals surface area contributed by atoms with E-state index in [-0.39, 0.29) is 23.1 Å². The van der Waals surface area contributed by atoms with Gasteiger partial charge in [-0.3, -0.25) is 9.78 Å². The van der Waals surface area contributed by atoms with Crippen molar-refractivity contribution < 1.29 is 4.74 Å². The van der Waals surface area contributed by atoms with Gasteiger partial charge in [0.15, 0.2) is 11.2 Å². The monoisotopic (exact) mass is 285 g/mol. The van der Waals surface area contributed by atoms with Crippen molar-refractivity contribution in [1.82, 2.24) is 19.9 Å². The van der Waals surface area contributed by atoms with Gasteiger partial charge in [-0.25, -0.2) is 0 Å². The highest BCUT2D eigenvalue weighted by Gasteiger charge is 2.07. The van der Waals surface area contributed by atoms with Gasteiger partial charge in [-0.1, -0.05) is 0 Å². The highest BCUT2D eigenvalue weighted by Crippen LogP contribution is 2.20. The number of nitrogens with zero attached hydrogens (tertiary/aromatic N) is 4. The number of fused-ring (bicyclic) bond motifs is 1. The van der Waals surface area contributed by atoms with Gasteiger partial charge in [-0.05, 0) is 24.3 Å². The van der Waals surface area contributed by atoms with Gasteiger partial charge in [-0.2, -0.15) is 9.97 Å². The third-order valence-electron chi connectivity index (χ3n) is 2.70. The minimum absolute atomic E-state index is 0.00218. The molecule has 9 nitrogen and oxygen atoms in total. The maximum Gasteiger partial charge on any atom is 0.278 e. The van der Waals surface area contributed by atoms with E-state index in [4.69, 9.17) is 10.5 Å². The molecule has 0 spiro atoms. The summed E-state index contributed by atoms with van der Waals surface area (Å²) in [6.45, 7) is 0. The number of nitrogens with one attached hydrogen (secondary N) is 2. The molecule has 0 radical (unpaired) electrons. The fourth-order valence-electron chi connectivity index (χ4n) is 1.71. The summed E-state index contributed by atoms with van der Waals surface area (Å²) >= 11 is 0. The average molecular weight is 285 g/mol. The molecule has 0 saturated carbocycles. The number of anilines is 1. The molecule has 3 rings (SSSR count). The zero-order chi connectivity index (χ0) is 14.8. The molecule has 4 N–H and O–H groups in total. The van der Waals surface area contributed by atoms with Crippen LogP contribution in [0.15, 0.2) is 39.3 Å². The molecule has 0 unspecified atom stereocenters. The van der Waals surface area contributed by atoms with E-state index in [1.54, 1.807) is 31.4 Å². The van der Waals surface area contributed by atoms with Crippen LogP contribution in [-0.4, -0.2) is 27.0 Å². The predicted octanol–water partition coefficient (Wildman–Crippen LogP) is 1.65. The van der Waals surface area contributed by atoms with E-state index in [0.29, 0.717) is 5.69 Å². The van der Waals surface area contributed by atoms with Gasteiger partial charge in [0, 0.05) is 0 Å². The minimum atomic E-state index is -0.407. The molecular formula is C12H11N7O2.